The van der Waals surface area contributed by atoms with Crippen molar-refractivity contribution in [1.82, 2.24) is 0 Å². The van der Waals surface area contributed by atoms with Gasteiger partial charge in [0, 0.05) is 13.2 Å². The molecule has 0 spiro atoms. The van der Waals surface area contributed by atoms with Crippen LogP contribution >= 0.6 is 0 Å². The van der Waals surface area contributed by atoms with E-state index in [1.54, 1.807) is 21.3 Å². The first-order valence-electron chi connectivity index (χ1n) is 5.95. The molecule has 0 aliphatic rings. The van der Waals surface area contributed by atoms with Gasteiger partial charge < -0.3 is 14.2 Å². The summed E-state index contributed by atoms with van der Waals surface area (Å²) in [5, 5.41) is 0. The van der Waals surface area contributed by atoms with Crippen molar-refractivity contribution in [2.24, 2.45) is 0 Å². The fraction of sp³-hybridized carbons (Fsp3) is 0.571. The van der Waals surface area contributed by atoms with E-state index in [0.717, 1.165) is 30.8 Å². The van der Waals surface area contributed by atoms with Crippen LogP contribution in [0, 0.1) is 0 Å². The molecule has 1 rings (SSSR count). The number of methoxy groups -OCH3 is 3. The van der Waals surface area contributed by atoms with Gasteiger partial charge in [-0.2, -0.15) is 0 Å². The topological polar surface area (TPSA) is 27.7 Å². The van der Waals surface area contributed by atoms with Gasteiger partial charge in [-0.1, -0.05) is 6.07 Å². The standard InChI is InChI=1S/C14H22O3/c1-11(15-2)6-5-7-12-8-9-13(16-3)10-14(12)17-4/h8-11H,5-7H2,1-4H3. The molecular formula is C14H22O3. The number of hydrogen-bond donors (Lipinski definition) is 0. The smallest absolute Gasteiger partial charge is 0.125 e. The maximum atomic E-state index is 5.36. The summed E-state index contributed by atoms with van der Waals surface area (Å²) in [6.45, 7) is 2.09. The second kappa shape index (κ2) is 7.17. The molecule has 3 nitrogen and oxygen atoms in total. The highest BCUT2D eigenvalue weighted by Crippen LogP contribution is 2.26. The molecule has 1 atom stereocenters. The minimum absolute atomic E-state index is 0.319. The molecule has 96 valence electrons. The van der Waals surface area contributed by atoms with Gasteiger partial charge in [0.2, 0.25) is 0 Å². The van der Waals surface area contributed by atoms with Gasteiger partial charge >= 0.3 is 0 Å². The Morgan fingerprint density at radius 2 is 1.88 bits per heavy atom. The van der Waals surface area contributed by atoms with Crippen LogP contribution in [0.25, 0.3) is 0 Å². The fourth-order valence-electron chi connectivity index (χ4n) is 1.76. The van der Waals surface area contributed by atoms with Crippen LogP contribution in [0.15, 0.2) is 18.2 Å². The van der Waals surface area contributed by atoms with Crippen molar-refractivity contribution >= 4 is 0 Å². The maximum Gasteiger partial charge on any atom is 0.125 e. The van der Waals surface area contributed by atoms with Crippen molar-refractivity contribution in [1.29, 1.82) is 0 Å². The first-order chi connectivity index (χ1) is 8.21. The first-order valence-corrected chi connectivity index (χ1v) is 5.95. The van der Waals surface area contributed by atoms with Gasteiger partial charge in [0.05, 0.1) is 20.3 Å². The summed E-state index contributed by atoms with van der Waals surface area (Å²) in [6, 6.07) is 5.96. The molecule has 0 fully saturated rings. The minimum Gasteiger partial charge on any atom is -0.497 e. The fourth-order valence-corrected chi connectivity index (χ4v) is 1.76. The number of rotatable bonds is 7. The van der Waals surface area contributed by atoms with E-state index >= 15 is 0 Å². The van der Waals surface area contributed by atoms with Crippen LogP contribution in [0.3, 0.4) is 0 Å². The van der Waals surface area contributed by atoms with Gasteiger partial charge in [-0.05, 0) is 37.8 Å². The highest BCUT2D eigenvalue weighted by molar-refractivity contribution is 5.40. The molecule has 0 N–H and O–H groups in total. The summed E-state index contributed by atoms with van der Waals surface area (Å²) >= 11 is 0. The molecule has 0 amide bonds. The van der Waals surface area contributed by atoms with Crippen LogP contribution in [0.4, 0.5) is 0 Å². The van der Waals surface area contributed by atoms with Crippen LogP contribution < -0.4 is 9.47 Å². The molecular weight excluding hydrogens is 216 g/mol. The van der Waals surface area contributed by atoms with Crippen molar-refractivity contribution in [3.8, 4) is 11.5 Å². The lowest BCUT2D eigenvalue weighted by molar-refractivity contribution is 0.109. The lowest BCUT2D eigenvalue weighted by atomic mass is 10.1. The molecule has 17 heavy (non-hydrogen) atoms. The molecule has 0 bridgehead atoms. The zero-order chi connectivity index (χ0) is 12.7. The molecule has 0 aliphatic heterocycles. The minimum atomic E-state index is 0.319. The normalized spacial score (nSPS) is 12.2. The highest BCUT2D eigenvalue weighted by Gasteiger charge is 2.06. The van der Waals surface area contributed by atoms with Crippen molar-refractivity contribution in [3.05, 3.63) is 23.8 Å². The molecule has 0 saturated heterocycles. The predicted molar refractivity (Wildman–Crippen MR) is 69.0 cm³/mol. The Hall–Kier alpha value is -1.22. The zero-order valence-electron chi connectivity index (χ0n) is 11.2. The second-order valence-corrected chi connectivity index (χ2v) is 4.12. The van der Waals surface area contributed by atoms with Crippen LogP contribution in [-0.4, -0.2) is 27.4 Å². The van der Waals surface area contributed by atoms with Gasteiger partial charge in [-0.25, -0.2) is 0 Å². The van der Waals surface area contributed by atoms with Crippen molar-refractivity contribution in [2.45, 2.75) is 32.3 Å². The third kappa shape index (κ3) is 4.27. The third-order valence-electron chi connectivity index (χ3n) is 2.95. The van der Waals surface area contributed by atoms with E-state index in [0.29, 0.717) is 6.10 Å². The number of aryl methyl sites for hydroxylation is 1. The number of hydrogen-bond acceptors (Lipinski definition) is 3. The Labute approximate surface area is 104 Å². The lowest BCUT2D eigenvalue weighted by Crippen LogP contribution is -2.05. The van der Waals surface area contributed by atoms with Gasteiger partial charge in [0.25, 0.3) is 0 Å². The summed E-state index contributed by atoms with van der Waals surface area (Å²) in [5.74, 6) is 1.73. The summed E-state index contributed by atoms with van der Waals surface area (Å²) in [7, 11) is 5.10. The van der Waals surface area contributed by atoms with E-state index in [1.165, 1.54) is 5.56 Å². The Balaban J connectivity index is 2.58. The van der Waals surface area contributed by atoms with E-state index in [4.69, 9.17) is 14.2 Å². The Morgan fingerprint density at radius 1 is 1.12 bits per heavy atom. The maximum absolute atomic E-state index is 5.36. The van der Waals surface area contributed by atoms with E-state index in [9.17, 15) is 0 Å². The average Bonchev–Trinajstić information content (AvgIpc) is 2.38. The summed E-state index contributed by atoms with van der Waals surface area (Å²) in [4.78, 5) is 0. The lowest BCUT2D eigenvalue weighted by Gasteiger charge is -2.12. The molecule has 1 aromatic carbocycles. The van der Waals surface area contributed by atoms with Crippen molar-refractivity contribution in [3.63, 3.8) is 0 Å². The Bertz CT molecular complexity index is 336. The molecule has 1 unspecified atom stereocenters. The third-order valence-corrected chi connectivity index (χ3v) is 2.95. The number of ether oxygens (including phenoxy) is 3. The summed E-state index contributed by atoms with van der Waals surface area (Å²) < 4.78 is 15.8. The molecule has 0 radical (unpaired) electrons. The van der Waals surface area contributed by atoms with Crippen LogP contribution in [0.2, 0.25) is 0 Å². The van der Waals surface area contributed by atoms with Gasteiger partial charge in [-0.3, -0.25) is 0 Å². The van der Waals surface area contributed by atoms with Crippen LogP contribution in [-0.2, 0) is 11.2 Å². The average molecular weight is 238 g/mol. The van der Waals surface area contributed by atoms with E-state index < -0.39 is 0 Å². The Kier molecular flexibility index (Phi) is 5.84. The van der Waals surface area contributed by atoms with Gasteiger partial charge in [0.15, 0.2) is 0 Å². The molecule has 0 aliphatic carbocycles. The van der Waals surface area contributed by atoms with Crippen LogP contribution in [0.1, 0.15) is 25.3 Å². The predicted octanol–water partition coefficient (Wildman–Crippen LogP) is 3.06. The van der Waals surface area contributed by atoms with E-state index in [-0.39, 0.29) is 0 Å². The molecule has 1 aromatic rings. The van der Waals surface area contributed by atoms with Gasteiger partial charge in [-0.15, -0.1) is 0 Å². The molecule has 0 saturated carbocycles. The van der Waals surface area contributed by atoms with Crippen molar-refractivity contribution < 1.29 is 14.2 Å². The Morgan fingerprint density at radius 3 is 2.47 bits per heavy atom. The summed E-state index contributed by atoms with van der Waals surface area (Å²) in [6.07, 6.45) is 3.48. The monoisotopic (exact) mass is 238 g/mol. The molecule has 0 aromatic heterocycles. The van der Waals surface area contributed by atoms with E-state index in [2.05, 4.69) is 13.0 Å². The van der Waals surface area contributed by atoms with Gasteiger partial charge in [0.1, 0.15) is 11.5 Å². The highest BCUT2D eigenvalue weighted by atomic mass is 16.5. The molecule has 3 heteroatoms. The summed E-state index contributed by atoms with van der Waals surface area (Å²) in [5.41, 5.74) is 1.22. The molecule has 0 heterocycles. The zero-order valence-corrected chi connectivity index (χ0v) is 11.2. The second-order valence-electron chi connectivity index (χ2n) is 4.12. The van der Waals surface area contributed by atoms with Crippen LogP contribution in [0.5, 0.6) is 11.5 Å². The SMILES string of the molecule is COc1ccc(CCCC(C)OC)c(OC)c1. The largest absolute Gasteiger partial charge is 0.497 e. The number of benzene rings is 1. The van der Waals surface area contributed by atoms with Crippen molar-refractivity contribution in [2.75, 3.05) is 21.3 Å². The first kappa shape index (κ1) is 13.8. The quantitative estimate of drug-likeness (QED) is 0.730. The van der Waals surface area contributed by atoms with E-state index in [1.807, 2.05) is 12.1 Å².